The SMILES string of the molecule is CC(CO)Sc1ccc(S(=O)(=O)C(F)(F)F)cc1. The Kier molecular flexibility index (Phi) is 4.68. The van der Waals surface area contributed by atoms with Crippen LogP contribution in [0.15, 0.2) is 34.1 Å². The third-order valence-electron chi connectivity index (χ3n) is 2.03. The molecule has 0 aliphatic rings. The van der Waals surface area contributed by atoms with Gasteiger partial charge < -0.3 is 5.11 Å². The quantitative estimate of drug-likeness (QED) is 0.868. The highest BCUT2D eigenvalue weighted by atomic mass is 32.2. The molecule has 1 aromatic rings. The molecule has 0 aliphatic carbocycles. The van der Waals surface area contributed by atoms with Gasteiger partial charge in [-0.05, 0) is 24.3 Å². The number of aliphatic hydroxyl groups excluding tert-OH is 1. The molecule has 0 spiro atoms. The van der Waals surface area contributed by atoms with Gasteiger partial charge in [0.2, 0.25) is 0 Å². The van der Waals surface area contributed by atoms with Crippen molar-refractivity contribution >= 4 is 21.6 Å². The largest absolute Gasteiger partial charge is 0.501 e. The lowest BCUT2D eigenvalue weighted by Gasteiger charge is -2.10. The zero-order valence-corrected chi connectivity index (χ0v) is 10.9. The zero-order valence-electron chi connectivity index (χ0n) is 9.31. The smallest absolute Gasteiger partial charge is 0.395 e. The van der Waals surface area contributed by atoms with Crippen LogP contribution in [0.5, 0.6) is 0 Å². The van der Waals surface area contributed by atoms with Gasteiger partial charge >= 0.3 is 5.51 Å². The van der Waals surface area contributed by atoms with Gasteiger partial charge in [0.15, 0.2) is 0 Å². The van der Waals surface area contributed by atoms with E-state index in [0.717, 1.165) is 12.1 Å². The summed E-state index contributed by atoms with van der Waals surface area (Å²) in [5.41, 5.74) is -5.29. The standard InChI is InChI=1S/C10H11F3O3S2/c1-7(6-14)17-8-2-4-9(5-3-8)18(15,16)10(11,12)13/h2-5,7,14H,6H2,1H3. The molecule has 102 valence electrons. The summed E-state index contributed by atoms with van der Waals surface area (Å²) < 4.78 is 58.9. The van der Waals surface area contributed by atoms with Crippen molar-refractivity contribution in [2.24, 2.45) is 0 Å². The summed E-state index contributed by atoms with van der Waals surface area (Å²) in [7, 11) is -5.29. The predicted octanol–water partition coefficient (Wildman–Crippen LogP) is 2.45. The first-order valence-electron chi connectivity index (χ1n) is 4.87. The molecule has 0 aliphatic heterocycles. The average Bonchev–Trinajstić information content (AvgIpc) is 2.28. The summed E-state index contributed by atoms with van der Waals surface area (Å²) in [4.78, 5) is -0.186. The van der Waals surface area contributed by atoms with Gasteiger partial charge in [0.25, 0.3) is 9.84 Å². The third kappa shape index (κ3) is 3.39. The summed E-state index contributed by atoms with van der Waals surface area (Å²) in [6.07, 6.45) is 0. The number of hydrogen-bond acceptors (Lipinski definition) is 4. The molecule has 0 heterocycles. The molecule has 3 nitrogen and oxygen atoms in total. The normalized spacial score (nSPS) is 14.5. The van der Waals surface area contributed by atoms with Crippen molar-refractivity contribution in [1.82, 2.24) is 0 Å². The average molecular weight is 300 g/mol. The second kappa shape index (κ2) is 5.50. The summed E-state index contributed by atoms with van der Waals surface area (Å²) in [5.74, 6) is 0. The Labute approximate surface area is 107 Å². The Balaban J connectivity index is 2.97. The van der Waals surface area contributed by atoms with Crippen LogP contribution in [0.1, 0.15) is 6.92 Å². The van der Waals surface area contributed by atoms with Crippen molar-refractivity contribution in [2.45, 2.75) is 27.5 Å². The van der Waals surface area contributed by atoms with Crippen LogP contribution >= 0.6 is 11.8 Å². The van der Waals surface area contributed by atoms with Crippen molar-refractivity contribution < 1.29 is 26.7 Å². The van der Waals surface area contributed by atoms with Gasteiger partial charge in [-0.25, -0.2) is 8.42 Å². The van der Waals surface area contributed by atoms with Crippen LogP contribution in [0.3, 0.4) is 0 Å². The van der Waals surface area contributed by atoms with E-state index in [2.05, 4.69) is 0 Å². The molecule has 0 fully saturated rings. The molecule has 0 bridgehead atoms. The van der Waals surface area contributed by atoms with Gasteiger partial charge in [0, 0.05) is 10.1 Å². The highest BCUT2D eigenvalue weighted by Gasteiger charge is 2.46. The predicted molar refractivity (Wildman–Crippen MR) is 62.1 cm³/mol. The van der Waals surface area contributed by atoms with E-state index in [9.17, 15) is 21.6 Å². The third-order valence-corrected chi connectivity index (χ3v) is 4.63. The molecular weight excluding hydrogens is 289 g/mol. The van der Waals surface area contributed by atoms with Crippen LogP contribution < -0.4 is 0 Å². The maximum Gasteiger partial charge on any atom is 0.501 e. The fourth-order valence-corrected chi connectivity index (χ4v) is 2.69. The second-order valence-corrected chi connectivity index (χ2v) is 6.98. The van der Waals surface area contributed by atoms with E-state index in [1.165, 1.54) is 23.9 Å². The van der Waals surface area contributed by atoms with E-state index in [-0.39, 0.29) is 11.9 Å². The number of sulfone groups is 1. The van der Waals surface area contributed by atoms with Crippen molar-refractivity contribution in [2.75, 3.05) is 6.61 Å². The van der Waals surface area contributed by atoms with Crippen molar-refractivity contribution in [3.8, 4) is 0 Å². The number of thioether (sulfide) groups is 1. The van der Waals surface area contributed by atoms with E-state index < -0.39 is 20.2 Å². The van der Waals surface area contributed by atoms with Crippen LogP contribution in [0.2, 0.25) is 0 Å². The first-order valence-corrected chi connectivity index (χ1v) is 7.23. The molecule has 8 heteroatoms. The van der Waals surface area contributed by atoms with E-state index in [0.29, 0.717) is 4.90 Å². The molecule has 1 aromatic carbocycles. The van der Waals surface area contributed by atoms with Gasteiger partial charge in [-0.2, -0.15) is 13.2 Å². The number of alkyl halides is 3. The number of benzene rings is 1. The fourth-order valence-electron chi connectivity index (χ4n) is 1.10. The molecule has 0 saturated carbocycles. The molecule has 18 heavy (non-hydrogen) atoms. The molecule has 1 N–H and O–H groups in total. The Bertz CT molecular complexity index is 494. The summed E-state index contributed by atoms with van der Waals surface area (Å²) in [6.45, 7) is 1.66. The van der Waals surface area contributed by atoms with Gasteiger partial charge in [0.1, 0.15) is 0 Å². The molecule has 1 rings (SSSR count). The fraction of sp³-hybridized carbons (Fsp3) is 0.400. The Morgan fingerprint density at radius 2 is 1.78 bits per heavy atom. The molecular formula is C10H11F3O3S2. The van der Waals surface area contributed by atoms with Crippen LogP contribution in [-0.2, 0) is 9.84 Å². The highest BCUT2D eigenvalue weighted by molar-refractivity contribution is 8.00. The lowest BCUT2D eigenvalue weighted by Crippen LogP contribution is -2.23. The minimum Gasteiger partial charge on any atom is -0.395 e. The molecule has 1 atom stereocenters. The Hall–Kier alpha value is -0.730. The highest BCUT2D eigenvalue weighted by Crippen LogP contribution is 2.31. The molecule has 0 saturated heterocycles. The number of rotatable bonds is 4. The Morgan fingerprint density at radius 3 is 2.17 bits per heavy atom. The van der Waals surface area contributed by atoms with Gasteiger partial charge in [-0.15, -0.1) is 11.8 Å². The summed E-state index contributed by atoms with van der Waals surface area (Å²) in [6, 6.07) is 4.40. The Morgan fingerprint density at radius 1 is 1.28 bits per heavy atom. The van der Waals surface area contributed by atoms with Crippen LogP contribution in [0, 0.1) is 0 Å². The van der Waals surface area contributed by atoms with Crippen molar-refractivity contribution in [3.63, 3.8) is 0 Å². The molecule has 0 amide bonds. The maximum absolute atomic E-state index is 12.3. The van der Waals surface area contributed by atoms with E-state index in [1.807, 2.05) is 0 Å². The maximum atomic E-state index is 12.3. The van der Waals surface area contributed by atoms with Crippen LogP contribution in [0.25, 0.3) is 0 Å². The molecule has 0 aromatic heterocycles. The number of halogens is 3. The summed E-state index contributed by atoms with van der Waals surface area (Å²) in [5, 5.41) is 8.71. The minimum absolute atomic E-state index is 0.0761. The lowest BCUT2D eigenvalue weighted by atomic mass is 10.4. The van der Waals surface area contributed by atoms with Gasteiger partial charge in [-0.1, -0.05) is 6.92 Å². The molecule has 0 radical (unpaired) electrons. The van der Waals surface area contributed by atoms with Crippen molar-refractivity contribution in [3.05, 3.63) is 24.3 Å². The number of aliphatic hydroxyl groups is 1. The van der Waals surface area contributed by atoms with E-state index in [1.54, 1.807) is 6.92 Å². The number of hydrogen-bond donors (Lipinski definition) is 1. The first kappa shape index (κ1) is 15.3. The van der Waals surface area contributed by atoms with Gasteiger partial charge in [0.05, 0.1) is 11.5 Å². The zero-order chi connectivity index (χ0) is 14.0. The van der Waals surface area contributed by atoms with Crippen molar-refractivity contribution in [1.29, 1.82) is 0 Å². The topological polar surface area (TPSA) is 54.4 Å². The minimum atomic E-state index is -5.29. The lowest BCUT2D eigenvalue weighted by molar-refractivity contribution is -0.0436. The summed E-state index contributed by atoms with van der Waals surface area (Å²) >= 11 is 1.24. The second-order valence-electron chi connectivity index (χ2n) is 3.53. The monoisotopic (exact) mass is 300 g/mol. The molecule has 1 unspecified atom stereocenters. The van der Waals surface area contributed by atoms with E-state index in [4.69, 9.17) is 5.11 Å². The van der Waals surface area contributed by atoms with Crippen LogP contribution in [-0.4, -0.2) is 30.9 Å². The first-order chi connectivity index (χ1) is 8.18. The van der Waals surface area contributed by atoms with E-state index >= 15 is 0 Å². The van der Waals surface area contributed by atoms with Crippen LogP contribution in [0.4, 0.5) is 13.2 Å². The van der Waals surface area contributed by atoms with Gasteiger partial charge in [-0.3, -0.25) is 0 Å².